The minimum Gasteiger partial charge on any atom is -0.456 e. The van der Waals surface area contributed by atoms with Crippen LogP contribution in [0.5, 0.6) is 0 Å². The second kappa shape index (κ2) is 7.51. The van der Waals surface area contributed by atoms with Gasteiger partial charge in [0.1, 0.15) is 11.2 Å². The molecule has 0 saturated heterocycles. The first-order valence-corrected chi connectivity index (χ1v) is 10.9. The zero-order chi connectivity index (χ0) is 22.5. The largest absolute Gasteiger partial charge is 0.456 e. The van der Waals surface area contributed by atoms with Gasteiger partial charge in [0.05, 0.1) is 11.2 Å². The van der Waals surface area contributed by atoms with Crippen LogP contribution < -0.4 is 5.46 Å². The Kier molecular flexibility index (Phi) is 4.88. The minimum atomic E-state index is -0.954. The van der Waals surface area contributed by atoms with Gasteiger partial charge in [0.15, 0.2) is 0 Å². The number of rotatable bonds is 5. The van der Waals surface area contributed by atoms with Crippen molar-refractivity contribution in [2.24, 2.45) is 0 Å². The van der Waals surface area contributed by atoms with Gasteiger partial charge in [-0.1, -0.05) is 72.2 Å². The van der Waals surface area contributed by atoms with Crippen LogP contribution in [-0.4, -0.2) is 23.8 Å². The fraction of sp³-hybridized carbons (Fsp3) is 0.214. The summed E-state index contributed by atoms with van der Waals surface area (Å²) in [6.45, 7) is 7.27. The zero-order valence-electron chi connectivity index (χ0n) is 18.8. The van der Waals surface area contributed by atoms with Crippen molar-refractivity contribution >= 4 is 45.7 Å². The number of hydrogen-bond acceptors (Lipinski definition) is 3. The summed E-state index contributed by atoms with van der Waals surface area (Å²) in [6, 6.07) is 27.1. The van der Waals surface area contributed by atoms with E-state index >= 15 is 0 Å². The summed E-state index contributed by atoms with van der Waals surface area (Å²) in [7, 11) is 1.71. The first kappa shape index (κ1) is 20.8. The van der Waals surface area contributed by atoms with Crippen molar-refractivity contribution in [3.63, 3.8) is 0 Å². The molecule has 0 fully saturated rings. The predicted molar refractivity (Wildman–Crippen MR) is 134 cm³/mol. The second-order valence-electron chi connectivity index (χ2n) is 9.37. The lowest BCUT2D eigenvalue weighted by atomic mass is 9.82. The third-order valence-corrected chi connectivity index (χ3v) is 6.57. The summed E-state index contributed by atoms with van der Waals surface area (Å²) < 4.78 is 12.1. The zero-order valence-corrected chi connectivity index (χ0v) is 18.8. The Balaban J connectivity index is 1.56. The molecule has 0 atom stereocenters. The molecule has 5 rings (SSSR count). The van der Waals surface area contributed by atoms with E-state index in [9.17, 15) is 5.11 Å². The molecule has 4 heteroatoms. The molecular formula is C28H26BO3. The Labute approximate surface area is 188 Å². The van der Waals surface area contributed by atoms with E-state index in [0.29, 0.717) is 0 Å². The highest BCUT2D eigenvalue weighted by Gasteiger charge is 2.35. The van der Waals surface area contributed by atoms with E-state index in [1.807, 2.05) is 38.1 Å². The number of furan rings is 1. The monoisotopic (exact) mass is 421 g/mol. The van der Waals surface area contributed by atoms with Crippen LogP contribution in [0.4, 0.5) is 0 Å². The molecule has 0 spiro atoms. The van der Waals surface area contributed by atoms with Crippen molar-refractivity contribution < 1.29 is 14.2 Å². The van der Waals surface area contributed by atoms with Crippen molar-refractivity contribution in [3.05, 3.63) is 78.9 Å². The Bertz CT molecular complexity index is 1420. The molecule has 0 amide bonds. The van der Waals surface area contributed by atoms with Crippen molar-refractivity contribution in [1.82, 2.24) is 0 Å². The summed E-state index contributed by atoms with van der Waals surface area (Å²) in [5, 5.41) is 15.0. The highest BCUT2D eigenvalue weighted by atomic mass is 16.5. The molecule has 3 nitrogen and oxygen atoms in total. The minimum absolute atomic E-state index is 0.700. The maximum absolute atomic E-state index is 10.3. The Morgan fingerprint density at radius 3 is 2.22 bits per heavy atom. The Hall–Kier alpha value is -3.08. The summed E-state index contributed by atoms with van der Waals surface area (Å²) in [4.78, 5) is 0. The molecule has 0 bridgehead atoms. The molecule has 0 aliphatic rings. The number of fused-ring (bicyclic) bond motifs is 5. The summed E-state index contributed by atoms with van der Waals surface area (Å²) in [6.07, 6.45) is 0. The molecule has 0 unspecified atom stereocenters. The number of aliphatic hydroxyl groups is 1. The van der Waals surface area contributed by atoms with E-state index in [0.717, 1.165) is 38.5 Å². The SMILES string of the molecule is CC(C)(O)C(C)(C)O[B]c1ccc(-c2cccc3oc4ccc5ccccc5c4c23)cc1. The molecule has 0 saturated carbocycles. The Morgan fingerprint density at radius 2 is 1.47 bits per heavy atom. The van der Waals surface area contributed by atoms with E-state index in [1.54, 1.807) is 21.3 Å². The summed E-state index contributed by atoms with van der Waals surface area (Å²) in [5.41, 5.74) is 3.34. The second-order valence-corrected chi connectivity index (χ2v) is 9.37. The molecule has 5 aromatic rings. The van der Waals surface area contributed by atoms with Crippen LogP contribution in [0.2, 0.25) is 0 Å². The van der Waals surface area contributed by atoms with Gasteiger partial charge in [0, 0.05) is 10.8 Å². The molecule has 159 valence electrons. The van der Waals surface area contributed by atoms with Gasteiger partial charge in [-0.15, -0.1) is 0 Å². The summed E-state index contributed by atoms with van der Waals surface area (Å²) >= 11 is 0. The van der Waals surface area contributed by atoms with E-state index in [4.69, 9.17) is 9.07 Å². The molecule has 1 heterocycles. The normalized spacial score (nSPS) is 12.7. The van der Waals surface area contributed by atoms with Gasteiger partial charge in [0.2, 0.25) is 0 Å². The van der Waals surface area contributed by atoms with Crippen molar-refractivity contribution in [3.8, 4) is 11.1 Å². The van der Waals surface area contributed by atoms with Crippen LogP contribution in [0.15, 0.2) is 83.3 Å². The fourth-order valence-electron chi connectivity index (χ4n) is 3.93. The van der Waals surface area contributed by atoms with Crippen molar-refractivity contribution in [1.29, 1.82) is 0 Å². The number of benzene rings is 4. The smallest absolute Gasteiger partial charge is 0.330 e. The van der Waals surface area contributed by atoms with Crippen molar-refractivity contribution in [2.45, 2.75) is 38.9 Å². The van der Waals surface area contributed by atoms with Crippen LogP contribution in [0, 0.1) is 0 Å². The maximum atomic E-state index is 10.3. The van der Waals surface area contributed by atoms with Crippen LogP contribution in [0.25, 0.3) is 43.8 Å². The van der Waals surface area contributed by atoms with Crippen molar-refractivity contribution in [2.75, 3.05) is 0 Å². The lowest BCUT2D eigenvalue weighted by Gasteiger charge is -2.37. The molecule has 1 radical (unpaired) electrons. The van der Waals surface area contributed by atoms with Gasteiger partial charge in [-0.3, -0.25) is 0 Å². The number of hydrogen-bond donors (Lipinski definition) is 1. The van der Waals surface area contributed by atoms with E-state index in [-0.39, 0.29) is 0 Å². The quantitative estimate of drug-likeness (QED) is 0.343. The standard InChI is InChI=1S/C28H26BO3/c1-27(2,30)28(3,4)32-29-20-15-12-19(13-16-20)22-10-7-11-23-25(22)26-21-9-6-5-8-18(21)14-17-24(26)31-23/h5-17,30H,1-4H3. The van der Waals surface area contributed by atoms with Gasteiger partial charge >= 0.3 is 7.48 Å². The fourth-order valence-corrected chi connectivity index (χ4v) is 3.93. The third kappa shape index (κ3) is 3.50. The van der Waals surface area contributed by atoms with Crippen LogP contribution in [-0.2, 0) is 4.65 Å². The van der Waals surface area contributed by atoms with Crippen LogP contribution >= 0.6 is 0 Å². The average molecular weight is 421 g/mol. The molecular weight excluding hydrogens is 395 g/mol. The first-order valence-electron chi connectivity index (χ1n) is 10.9. The third-order valence-electron chi connectivity index (χ3n) is 6.57. The highest BCUT2D eigenvalue weighted by Crippen LogP contribution is 2.39. The molecule has 0 aliphatic carbocycles. The van der Waals surface area contributed by atoms with Gasteiger partial charge < -0.3 is 14.2 Å². The lowest BCUT2D eigenvalue weighted by Crippen LogP contribution is -2.49. The molecule has 4 aromatic carbocycles. The predicted octanol–water partition coefficient (Wildman–Crippen LogP) is 6.22. The van der Waals surface area contributed by atoms with Gasteiger partial charge in [-0.05, 0) is 61.7 Å². The van der Waals surface area contributed by atoms with Gasteiger partial charge in [-0.25, -0.2) is 0 Å². The summed E-state index contributed by atoms with van der Waals surface area (Å²) in [5.74, 6) is 0. The first-order chi connectivity index (χ1) is 15.2. The molecule has 1 aromatic heterocycles. The maximum Gasteiger partial charge on any atom is 0.330 e. The van der Waals surface area contributed by atoms with E-state index in [2.05, 4.69) is 54.6 Å². The molecule has 32 heavy (non-hydrogen) atoms. The lowest BCUT2D eigenvalue weighted by molar-refractivity contribution is -0.0893. The highest BCUT2D eigenvalue weighted by molar-refractivity contribution is 6.47. The molecule has 0 aliphatic heterocycles. The van der Waals surface area contributed by atoms with Gasteiger partial charge in [0.25, 0.3) is 0 Å². The Morgan fingerprint density at radius 1 is 0.750 bits per heavy atom. The average Bonchev–Trinajstić information content (AvgIpc) is 3.17. The topological polar surface area (TPSA) is 42.6 Å². The van der Waals surface area contributed by atoms with Crippen LogP contribution in [0.1, 0.15) is 27.7 Å². The molecule has 1 N–H and O–H groups in total. The van der Waals surface area contributed by atoms with Gasteiger partial charge in [-0.2, -0.15) is 0 Å². The van der Waals surface area contributed by atoms with E-state index in [1.165, 1.54) is 10.8 Å². The van der Waals surface area contributed by atoms with E-state index < -0.39 is 11.2 Å². The van der Waals surface area contributed by atoms with Crippen LogP contribution in [0.3, 0.4) is 0 Å².